The second-order valence-electron chi connectivity index (χ2n) is 5.11. The predicted octanol–water partition coefficient (Wildman–Crippen LogP) is 1.73. The molecule has 0 bridgehead atoms. The maximum Gasteiger partial charge on any atom is 0.0593 e. The van der Waals surface area contributed by atoms with Gasteiger partial charge in [0.15, 0.2) is 0 Å². The van der Waals surface area contributed by atoms with Gasteiger partial charge in [-0.2, -0.15) is 0 Å². The maximum atomic E-state index is 5.65. The van der Waals surface area contributed by atoms with E-state index < -0.39 is 0 Å². The van der Waals surface area contributed by atoms with E-state index >= 15 is 0 Å². The average molecular weight is 228 g/mol. The summed E-state index contributed by atoms with van der Waals surface area (Å²) >= 11 is 0. The van der Waals surface area contributed by atoms with E-state index in [-0.39, 0.29) is 0 Å². The number of likely N-dealkylation sites (tertiary alicyclic amines) is 1. The minimum absolute atomic E-state index is 0.649. The van der Waals surface area contributed by atoms with Gasteiger partial charge in [-0.15, -0.1) is 0 Å². The fourth-order valence-electron chi connectivity index (χ4n) is 2.23. The van der Waals surface area contributed by atoms with E-state index in [1.807, 2.05) is 0 Å². The van der Waals surface area contributed by atoms with E-state index in [4.69, 9.17) is 4.74 Å². The molecule has 0 aromatic rings. The predicted molar refractivity (Wildman–Crippen MR) is 68.8 cm³/mol. The van der Waals surface area contributed by atoms with E-state index in [1.54, 1.807) is 0 Å². The molecule has 1 fully saturated rings. The molecule has 0 spiro atoms. The zero-order valence-corrected chi connectivity index (χ0v) is 11.2. The molecule has 3 heteroatoms. The van der Waals surface area contributed by atoms with Gasteiger partial charge >= 0.3 is 0 Å². The molecule has 0 aliphatic carbocycles. The van der Waals surface area contributed by atoms with Crippen LogP contribution in [0.5, 0.6) is 0 Å². The van der Waals surface area contributed by atoms with Crippen LogP contribution in [0.3, 0.4) is 0 Å². The number of nitrogens with zero attached hydrogens (tertiary/aromatic N) is 1. The van der Waals surface area contributed by atoms with E-state index in [0.29, 0.717) is 5.92 Å². The Bertz CT molecular complexity index is 173. The molecule has 0 saturated carbocycles. The molecule has 1 N–H and O–H groups in total. The molecule has 3 nitrogen and oxygen atoms in total. The zero-order chi connectivity index (χ0) is 11.8. The first-order valence-corrected chi connectivity index (χ1v) is 6.76. The standard InChI is InChI=1S/C13H28N2O/c1-4-14-10-13-6-5-7-15(13)8-9-16-11-12(2)3/h12-14H,4-11H2,1-3H3. The largest absolute Gasteiger partial charge is 0.380 e. The van der Waals surface area contributed by atoms with Crippen molar-refractivity contribution in [3.05, 3.63) is 0 Å². The van der Waals surface area contributed by atoms with Crippen molar-refractivity contribution in [2.45, 2.75) is 39.7 Å². The lowest BCUT2D eigenvalue weighted by atomic mass is 10.2. The van der Waals surface area contributed by atoms with Crippen LogP contribution in [0.25, 0.3) is 0 Å². The fraction of sp³-hybridized carbons (Fsp3) is 1.00. The lowest BCUT2D eigenvalue weighted by Gasteiger charge is -2.24. The second-order valence-corrected chi connectivity index (χ2v) is 5.11. The van der Waals surface area contributed by atoms with E-state index in [1.165, 1.54) is 19.4 Å². The average Bonchev–Trinajstić information content (AvgIpc) is 2.69. The van der Waals surface area contributed by atoms with Gasteiger partial charge in [0.2, 0.25) is 0 Å². The summed E-state index contributed by atoms with van der Waals surface area (Å²) < 4.78 is 5.65. The second kappa shape index (κ2) is 8.04. The lowest BCUT2D eigenvalue weighted by molar-refractivity contribution is 0.0820. The Balaban J connectivity index is 2.09. The lowest BCUT2D eigenvalue weighted by Crippen LogP contribution is -2.39. The molecule has 0 aromatic heterocycles. The van der Waals surface area contributed by atoms with E-state index in [0.717, 1.165) is 38.9 Å². The Hall–Kier alpha value is -0.120. The molecular weight excluding hydrogens is 200 g/mol. The van der Waals surface area contributed by atoms with E-state index in [2.05, 4.69) is 31.0 Å². The minimum Gasteiger partial charge on any atom is -0.380 e. The van der Waals surface area contributed by atoms with Crippen molar-refractivity contribution in [2.75, 3.05) is 39.4 Å². The Morgan fingerprint density at radius 3 is 2.94 bits per heavy atom. The summed E-state index contributed by atoms with van der Waals surface area (Å²) in [6, 6.07) is 0.739. The van der Waals surface area contributed by atoms with Gasteiger partial charge < -0.3 is 10.1 Å². The van der Waals surface area contributed by atoms with Gasteiger partial charge in [0, 0.05) is 25.7 Å². The molecule has 1 aliphatic heterocycles. The van der Waals surface area contributed by atoms with Gasteiger partial charge in [-0.05, 0) is 31.8 Å². The van der Waals surface area contributed by atoms with Crippen LogP contribution in [0.15, 0.2) is 0 Å². The zero-order valence-electron chi connectivity index (χ0n) is 11.2. The van der Waals surface area contributed by atoms with Crippen molar-refractivity contribution in [2.24, 2.45) is 5.92 Å². The highest BCUT2D eigenvalue weighted by atomic mass is 16.5. The molecular formula is C13H28N2O. The molecule has 0 aromatic carbocycles. The quantitative estimate of drug-likeness (QED) is 0.640. The Morgan fingerprint density at radius 1 is 1.44 bits per heavy atom. The highest BCUT2D eigenvalue weighted by Crippen LogP contribution is 2.15. The van der Waals surface area contributed by atoms with Crippen molar-refractivity contribution in [3.8, 4) is 0 Å². The van der Waals surface area contributed by atoms with Crippen molar-refractivity contribution in [1.29, 1.82) is 0 Å². The first-order chi connectivity index (χ1) is 7.74. The minimum atomic E-state index is 0.649. The molecule has 96 valence electrons. The van der Waals surface area contributed by atoms with Crippen molar-refractivity contribution < 1.29 is 4.74 Å². The summed E-state index contributed by atoms with van der Waals surface area (Å²) in [5, 5.41) is 3.45. The SMILES string of the molecule is CCNCC1CCCN1CCOCC(C)C. The van der Waals surface area contributed by atoms with Crippen molar-refractivity contribution in [1.82, 2.24) is 10.2 Å². The normalized spacial score (nSPS) is 22.1. The summed E-state index contributed by atoms with van der Waals surface area (Å²) in [6.07, 6.45) is 2.69. The summed E-state index contributed by atoms with van der Waals surface area (Å²) in [5.74, 6) is 0.649. The van der Waals surface area contributed by atoms with Crippen LogP contribution in [0.1, 0.15) is 33.6 Å². The smallest absolute Gasteiger partial charge is 0.0593 e. The van der Waals surface area contributed by atoms with Crippen LogP contribution >= 0.6 is 0 Å². The molecule has 0 radical (unpaired) electrons. The first kappa shape index (κ1) is 13.9. The third-order valence-corrected chi connectivity index (χ3v) is 3.10. The summed E-state index contributed by atoms with van der Waals surface area (Å²) in [6.45, 7) is 12.9. The number of likely N-dealkylation sites (N-methyl/N-ethyl adjacent to an activating group) is 1. The van der Waals surface area contributed by atoms with Crippen LogP contribution in [0.4, 0.5) is 0 Å². The Morgan fingerprint density at radius 2 is 2.25 bits per heavy atom. The van der Waals surface area contributed by atoms with Crippen LogP contribution in [0, 0.1) is 5.92 Å². The molecule has 1 aliphatic rings. The molecule has 1 atom stereocenters. The monoisotopic (exact) mass is 228 g/mol. The highest BCUT2D eigenvalue weighted by molar-refractivity contribution is 4.80. The number of nitrogens with one attached hydrogen (secondary N) is 1. The highest BCUT2D eigenvalue weighted by Gasteiger charge is 2.23. The number of hydrogen-bond acceptors (Lipinski definition) is 3. The van der Waals surface area contributed by atoms with Crippen LogP contribution < -0.4 is 5.32 Å². The van der Waals surface area contributed by atoms with Gasteiger partial charge in [-0.1, -0.05) is 20.8 Å². The van der Waals surface area contributed by atoms with Crippen LogP contribution in [-0.2, 0) is 4.74 Å². The molecule has 16 heavy (non-hydrogen) atoms. The van der Waals surface area contributed by atoms with Crippen molar-refractivity contribution >= 4 is 0 Å². The van der Waals surface area contributed by atoms with Gasteiger partial charge in [-0.25, -0.2) is 0 Å². The molecule has 1 heterocycles. The summed E-state index contributed by atoms with van der Waals surface area (Å²) in [7, 11) is 0. The summed E-state index contributed by atoms with van der Waals surface area (Å²) in [4.78, 5) is 2.57. The number of rotatable bonds is 8. The van der Waals surface area contributed by atoms with E-state index in [9.17, 15) is 0 Å². The van der Waals surface area contributed by atoms with Crippen LogP contribution in [-0.4, -0.2) is 50.3 Å². The third-order valence-electron chi connectivity index (χ3n) is 3.10. The Labute approximate surface area is 101 Å². The fourth-order valence-corrected chi connectivity index (χ4v) is 2.23. The number of hydrogen-bond donors (Lipinski definition) is 1. The van der Waals surface area contributed by atoms with Gasteiger partial charge in [0.05, 0.1) is 6.61 Å². The molecule has 0 amide bonds. The summed E-state index contributed by atoms with van der Waals surface area (Å²) in [5.41, 5.74) is 0. The molecule has 1 saturated heterocycles. The Kier molecular flexibility index (Phi) is 7.01. The molecule has 1 rings (SSSR count). The number of ether oxygens (including phenoxy) is 1. The first-order valence-electron chi connectivity index (χ1n) is 6.76. The molecule has 1 unspecified atom stereocenters. The van der Waals surface area contributed by atoms with Gasteiger partial charge in [0.1, 0.15) is 0 Å². The third kappa shape index (κ3) is 5.28. The van der Waals surface area contributed by atoms with Crippen LogP contribution in [0.2, 0.25) is 0 Å². The van der Waals surface area contributed by atoms with Gasteiger partial charge in [-0.3, -0.25) is 4.90 Å². The maximum absolute atomic E-state index is 5.65. The topological polar surface area (TPSA) is 24.5 Å². The van der Waals surface area contributed by atoms with Crippen molar-refractivity contribution in [3.63, 3.8) is 0 Å². The van der Waals surface area contributed by atoms with Gasteiger partial charge in [0.25, 0.3) is 0 Å².